The van der Waals surface area contributed by atoms with E-state index in [0.717, 1.165) is 30.5 Å². The van der Waals surface area contributed by atoms with Crippen LogP contribution in [0.25, 0.3) is 22.6 Å². The molecule has 2 aromatic carbocycles. The number of nitrogens with zero attached hydrogens (tertiary/aromatic N) is 4. The summed E-state index contributed by atoms with van der Waals surface area (Å²) in [6.07, 6.45) is -2.56. The van der Waals surface area contributed by atoms with E-state index in [0.29, 0.717) is 46.9 Å². The third-order valence-electron chi connectivity index (χ3n) is 6.19. The lowest BCUT2D eigenvalue weighted by molar-refractivity contribution is -0.137. The second-order valence-corrected chi connectivity index (χ2v) is 11.2. The predicted octanol–water partition coefficient (Wildman–Crippen LogP) is 7.61. The van der Waals surface area contributed by atoms with Crippen molar-refractivity contribution in [2.24, 2.45) is 0 Å². The van der Waals surface area contributed by atoms with Gasteiger partial charge in [-0.15, -0.1) is 0 Å². The summed E-state index contributed by atoms with van der Waals surface area (Å²) >= 11 is 1.24. The number of thiazole rings is 1. The maximum atomic E-state index is 12.8. The first kappa shape index (κ1) is 27.6. The van der Waals surface area contributed by atoms with Crippen molar-refractivity contribution in [2.75, 3.05) is 6.54 Å². The highest BCUT2D eigenvalue weighted by molar-refractivity contribution is 7.11. The molecule has 1 amide bonds. The van der Waals surface area contributed by atoms with Crippen molar-refractivity contribution in [1.82, 2.24) is 20.0 Å². The van der Waals surface area contributed by atoms with Gasteiger partial charge in [-0.25, -0.2) is 9.78 Å². The summed E-state index contributed by atoms with van der Waals surface area (Å²) in [7, 11) is 0. The molecule has 1 atom stereocenters. The number of aromatic nitrogens is 3. The van der Waals surface area contributed by atoms with Crippen molar-refractivity contribution in [3.63, 3.8) is 0 Å². The Balaban J connectivity index is 1.20. The molecule has 0 bridgehead atoms. The van der Waals surface area contributed by atoms with Gasteiger partial charge >= 0.3 is 12.3 Å². The molecule has 210 valence electrons. The third-order valence-corrected chi connectivity index (χ3v) is 6.91. The molecule has 0 N–H and O–H groups in total. The van der Waals surface area contributed by atoms with Crippen LogP contribution in [0.1, 0.15) is 45.1 Å². The summed E-state index contributed by atoms with van der Waals surface area (Å²) in [6, 6.07) is 11.8. The van der Waals surface area contributed by atoms with Crippen LogP contribution in [0, 0.1) is 0 Å². The van der Waals surface area contributed by atoms with Crippen LogP contribution in [-0.2, 0) is 17.3 Å². The molecule has 5 rings (SSSR count). The number of rotatable bonds is 6. The molecule has 8 nitrogen and oxygen atoms in total. The van der Waals surface area contributed by atoms with E-state index in [1.165, 1.54) is 23.5 Å². The fraction of sp³-hybridized carbons (Fsp3) is 0.357. The lowest BCUT2D eigenvalue weighted by atomic mass is 10.1. The van der Waals surface area contributed by atoms with E-state index in [1.54, 1.807) is 34.5 Å². The zero-order chi connectivity index (χ0) is 28.5. The Morgan fingerprint density at radius 2 is 1.75 bits per heavy atom. The number of hydrogen-bond donors (Lipinski definition) is 0. The molecule has 0 aliphatic carbocycles. The molecular weight excluding hydrogens is 545 g/mol. The summed E-state index contributed by atoms with van der Waals surface area (Å²) < 4.78 is 55.2. The van der Waals surface area contributed by atoms with Gasteiger partial charge in [-0.05, 0) is 70.0 Å². The second-order valence-electron chi connectivity index (χ2n) is 10.4. The predicted molar refractivity (Wildman–Crippen MR) is 142 cm³/mol. The average molecular weight is 573 g/mol. The van der Waals surface area contributed by atoms with Gasteiger partial charge in [-0.3, -0.25) is 0 Å². The molecular formula is C28H27F3N4O4S. The van der Waals surface area contributed by atoms with Crippen LogP contribution in [0.15, 0.2) is 58.4 Å². The molecule has 4 aromatic rings. The second kappa shape index (κ2) is 10.9. The summed E-state index contributed by atoms with van der Waals surface area (Å²) in [6.45, 7) is 6.16. The Kier molecular flexibility index (Phi) is 7.54. The number of amides is 1. The molecule has 2 aromatic heterocycles. The fourth-order valence-electron chi connectivity index (χ4n) is 4.31. The largest absolute Gasteiger partial charge is 0.444 e. The summed E-state index contributed by atoms with van der Waals surface area (Å²) in [5, 5.41) is 6.17. The van der Waals surface area contributed by atoms with E-state index in [2.05, 4.69) is 15.1 Å². The van der Waals surface area contributed by atoms with Crippen molar-refractivity contribution in [1.29, 1.82) is 0 Å². The summed E-state index contributed by atoms with van der Waals surface area (Å²) in [5.74, 6) is 1.39. The molecule has 0 saturated carbocycles. The van der Waals surface area contributed by atoms with Crippen molar-refractivity contribution >= 4 is 17.4 Å². The number of alkyl halides is 3. The monoisotopic (exact) mass is 572 g/mol. The van der Waals surface area contributed by atoms with Crippen LogP contribution in [0.3, 0.4) is 0 Å². The lowest BCUT2D eigenvalue weighted by Gasteiger charge is -2.28. The van der Waals surface area contributed by atoms with Crippen molar-refractivity contribution in [3.8, 4) is 33.6 Å². The topological polar surface area (TPSA) is 90.6 Å². The first-order valence-corrected chi connectivity index (χ1v) is 13.6. The molecule has 1 aliphatic heterocycles. The highest BCUT2D eigenvalue weighted by Gasteiger charge is 2.33. The Bertz CT molecular complexity index is 1460. The molecule has 40 heavy (non-hydrogen) atoms. The van der Waals surface area contributed by atoms with Gasteiger partial charge in [0.1, 0.15) is 11.4 Å². The Morgan fingerprint density at radius 1 is 1.05 bits per heavy atom. The zero-order valence-corrected chi connectivity index (χ0v) is 22.9. The highest BCUT2D eigenvalue weighted by Crippen LogP contribution is 2.34. The number of halogens is 3. The molecule has 12 heteroatoms. The standard InChI is InChI=1S/C28H27F3N4O4S/c1-27(2,3)38-26(36)35-14-4-5-20(35)15-23-33-24(34-39-23)18-8-12-21(13-9-18)37-25-32-22(16-40-25)17-6-10-19(11-7-17)28(29,30)31/h6-13,16,20H,4-5,14-15H2,1-3H3/t20-/m0/s1. The van der Waals surface area contributed by atoms with E-state index in [1.807, 2.05) is 20.8 Å². The van der Waals surface area contributed by atoms with Gasteiger partial charge in [0.05, 0.1) is 11.3 Å². The minimum absolute atomic E-state index is 0.0651. The van der Waals surface area contributed by atoms with E-state index in [9.17, 15) is 18.0 Å². The van der Waals surface area contributed by atoms with Gasteiger partial charge in [0, 0.05) is 35.5 Å². The van der Waals surface area contributed by atoms with Gasteiger partial charge in [-0.1, -0.05) is 28.6 Å². The quantitative estimate of drug-likeness (QED) is 0.235. The molecule has 1 aliphatic rings. The molecule has 3 heterocycles. The normalized spacial score (nSPS) is 15.8. The average Bonchev–Trinajstić information content (AvgIpc) is 3.65. The van der Waals surface area contributed by atoms with Crippen molar-refractivity contribution in [3.05, 3.63) is 65.4 Å². The number of carbonyl (C=O) groups is 1. The van der Waals surface area contributed by atoms with E-state index >= 15 is 0 Å². The molecule has 0 unspecified atom stereocenters. The maximum Gasteiger partial charge on any atom is 0.416 e. The smallest absolute Gasteiger partial charge is 0.416 e. The van der Waals surface area contributed by atoms with Gasteiger partial charge in [0.2, 0.25) is 11.7 Å². The van der Waals surface area contributed by atoms with Crippen molar-refractivity contribution in [2.45, 2.75) is 57.9 Å². The van der Waals surface area contributed by atoms with Crippen LogP contribution < -0.4 is 4.74 Å². The van der Waals surface area contributed by atoms with Gasteiger partial charge in [0.25, 0.3) is 5.19 Å². The Labute approximate surface area is 232 Å². The van der Waals surface area contributed by atoms with Crippen LogP contribution >= 0.6 is 11.3 Å². The van der Waals surface area contributed by atoms with Gasteiger partial charge in [-0.2, -0.15) is 18.2 Å². The third kappa shape index (κ3) is 6.61. The zero-order valence-electron chi connectivity index (χ0n) is 22.1. The van der Waals surface area contributed by atoms with E-state index in [-0.39, 0.29) is 12.1 Å². The van der Waals surface area contributed by atoms with Crippen LogP contribution in [0.4, 0.5) is 18.0 Å². The molecule has 0 spiro atoms. The number of carbonyl (C=O) groups excluding carboxylic acids is 1. The van der Waals surface area contributed by atoms with Gasteiger partial charge < -0.3 is 18.9 Å². The SMILES string of the molecule is CC(C)(C)OC(=O)N1CCC[C@H]1Cc1nc(-c2ccc(Oc3nc(-c4ccc(C(F)(F)F)cc4)cs3)cc2)no1. The van der Waals surface area contributed by atoms with E-state index < -0.39 is 17.3 Å². The number of ether oxygens (including phenoxy) is 2. The number of hydrogen-bond acceptors (Lipinski definition) is 8. The van der Waals surface area contributed by atoms with Crippen LogP contribution in [0.2, 0.25) is 0 Å². The van der Waals surface area contributed by atoms with Crippen LogP contribution in [-0.4, -0.2) is 44.3 Å². The number of benzene rings is 2. The summed E-state index contributed by atoms with van der Waals surface area (Å²) in [5.41, 5.74) is 0.540. The maximum absolute atomic E-state index is 12.8. The fourth-order valence-corrected chi connectivity index (χ4v) is 5.00. The van der Waals surface area contributed by atoms with Crippen molar-refractivity contribution < 1.29 is 32.0 Å². The van der Waals surface area contributed by atoms with Crippen LogP contribution in [0.5, 0.6) is 10.9 Å². The van der Waals surface area contributed by atoms with E-state index in [4.69, 9.17) is 14.0 Å². The van der Waals surface area contributed by atoms with Gasteiger partial charge in [0.15, 0.2) is 0 Å². The minimum atomic E-state index is -4.39. The first-order chi connectivity index (χ1) is 18.9. The lowest BCUT2D eigenvalue weighted by Crippen LogP contribution is -2.40. The Morgan fingerprint density at radius 3 is 2.42 bits per heavy atom. The molecule has 0 radical (unpaired) electrons. The molecule has 1 saturated heterocycles. The summed E-state index contributed by atoms with van der Waals surface area (Å²) in [4.78, 5) is 23.2. The number of likely N-dealkylation sites (tertiary alicyclic amines) is 1. The minimum Gasteiger partial charge on any atom is -0.444 e. The first-order valence-electron chi connectivity index (χ1n) is 12.7. The highest BCUT2D eigenvalue weighted by atomic mass is 32.1. The molecule has 1 fully saturated rings. The Hall–Kier alpha value is -3.93.